The zero-order valence-corrected chi connectivity index (χ0v) is 13.9. The quantitative estimate of drug-likeness (QED) is 0.853. The van der Waals surface area contributed by atoms with Crippen LogP contribution in [0.1, 0.15) is 23.7 Å². The molecule has 1 unspecified atom stereocenters. The van der Waals surface area contributed by atoms with Gasteiger partial charge in [-0.15, -0.1) is 0 Å². The summed E-state index contributed by atoms with van der Waals surface area (Å²) < 4.78 is 0. The first-order valence-electron chi connectivity index (χ1n) is 7.34. The highest BCUT2D eigenvalue weighted by Crippen LogP contribution is 2.30. The summed E-state index contributed by atoms with van der Waals surface area (Å²) in [5.41, 5.74) is 2.01. The zero-order chi connectivity index (χ0) is 16.4. The predicted molar refractivity (Wildman–Crippen MR) is 92.0 cm³/mol. The van der Waals surface area contributed by atoms with Gasteiger partial charge in [0.25, 0.3) is 0 Å². The van der Waals surface area contributed by atoms with Crippen molar-refractivity contribution in [2.24, 2.45) is 0 Å². The van der Waals surface area contributed by atoms with Crippen LogP contribution in [0.15, 0.2) is 48.5 Å². The van der Waals surface area contributed by atoms with Crippen LogP contribution < -0.4 is 0 Å². The van der Waals surface area contributed by atoms with Gasteiger partial charge in [0.15, 0.2) is 0 Å². The van der Waals surface area contributed by atoms with Crippen LogP contribution in [0.25, 0.3) is 0 Å². The molecule has 0 spiro atoms. The van der Waals surface area contributed by atoms with Crippen LogP contribution in [-0.4, -0.2) is 27.6 Å². The highest BCUT2D eigenvalue weighted by molar-refractivity contribution is 6.30. The predicted octanol–water partition coefficient (Wildman–Crippen LogP) is 4.57. The number of amidine groups is 1. The fraction of sp³-hybridized carbons (Fsp3) is 0.235. The van der Waals surface area contributed by atoms with Crippen molar-refractivity contribution in [1.82, 2.24) is 9.96 Å². The van der Waals surface area contributed by atoms with E-state index in [4.69, 9.17) is 28.6 Å². The van der Waals surface area contributed by atoms with Gasteiger partial charge in [0.05, 0.1) is 0 Å². The number of benzene rings is 2. The SMILES string of the molecule is N=C1CCN(Cc2ccc(Cl)cc2)C(c2ccc(Cl)cc2)N1O. The molecule has 2 aromatic carbocycles. The smallest absolute Gasteiger partial charge is 0.136 e. The Kier molecular flexibility index (Phi) is 4.87. The number of hydroxylamine groups is 2. The van der Waals surface area contributed by atoms with E-state index in [9.17, 15) is 5.21 Å². The molecular weight excluding hydrogens is 333 g/mol. The fourth-order valence-electron chi connectivity index (χ4n) is 2.77. The van der Waals surface area contributed by atoms with Crippen LogP contribution in [0.4, 0.5) is 0 Å². The molecule has 0 amide bonds. The normalized spacial score (nSPS) is 19.2. The molecule has 2 N–H and O–H groups in total. The van der Waals surface area contributed by atoms with Crippen LogP contribution in [0.3, 0.4) is 0 Å². The maximum absolute atomic E-state index is 10.4. The van der Waals surface area contributed by atoms with Gasteiger partial charge in [0.2, 0.25) is 0 Å². The molecule has 0 aliphatic carbocycles. The zero-order valence-electron chi connectivity index (χ0n) is 12.4. The number of nitrogens with one attached hydrogen (secondary N) is 1. The third-order valence-electron chi connectivity index (χ3n) is 3.96. The molecule has 1 aliphatic heterocycles. The van der Waals surface area contributed by atoms with E-state index >= 15 is 0 Å². The van der Waals surface area contributed by atoms with Gasteiger partial charge in [-0.3, -0.25) is 15.5 Å². The Morgan fingerprint density at radius 3 is 2.17 bits per heavy atom. The summed E-state index contributed by atoms with van der Waals surface area (Å²) in [6, 6.07) is 15.0. The average molecular weight is 350 g/mol. The van der Waals surface area contributed by atoms with E-state index < -0.39 is 6.17 Å². The van der Waals surface area contributed by atoms with Crippen LogP contribution in [0.5, 0.6) is 0 Å². The number of hydrogen-bond acceptors (Lipinski definition) is 3. The lowest BCUT2D eigenvalue weighted by Gasteiger charge is -2.41. The molecule has 120 valence electrons. The summed E-state index contributed by atoms with van der Waals surface area (Å²) in [6.45, 7) is 1.36. The van der Waals surface area contributed by atoms with Crippen molar-refractivity contribution in [3.8, 4) is 0 Å². The first-order valence-corrected chi connectivity index (χ1v) is 8.09. The lowest BCUT2D eigenvalue weighted by atomic mass is 10.1. The average Bonchev–Trinajstić information content (AvgIpc) is 2.55. The maximum Gasteiger partial charge on any atom is 0.136 e. The molecule has 0 aromatic heterocycles. The summed E-state index contributed by atoms with van der Waals surface area (Å²) in [4.78, 5) is 2.13. The molecule has 2 aromatic rings. The highest BCUT2D eigenvalue weighted by atomic mass is 35.5. The molecule has 3 rings (SSSR count). The first kappa shape index (κ1) is 16.3. The summed E-state index contributed by atoms with van der Waals surface area (Å²) in [7, 11) is 0. The second-order valence-electron chi connectivity index (χ2n) is 5.56. The summed E-state index contributed by atoms with van der Waals surface area (Å²) >= 11 is 11.9. The van der Waals surface area contributed by atoms with Crippen LogP contribution >= 0.6 is 23.2 Å². The number of nitrogens with zero attached hydrogens (tertiary/aromatic N) is 2. The minimum absolute atomic E-state index is 0.220. The molecule has 1 heterocycles. The Hall–Kier alpha value is -1.59. The van der Waals surface area contributed by atoms with E-state index in [-0.39, 0.29) is 5.84 Å². The van der Waals surface area contributed by atoms with Crippen molar-refractivity contribution in [3.63, 3.8) is 0 Å². The van der Waals surface area contributed by atoms with E-state index in [0.717, 1.165) is 16.2 Å². The largest absolute Gasteiger partial charge is 0.287 e. The van der Waals surface area contributed by atoms with Gasteiger partial charge in [0.1, 0.15) is 12.0 Å². The van der Waals surface area contributed by atoms with Gasteiger partial charge in [0, 0.05) is 29.6 Å². The molecule has 1 atom stereocenters. The van der Waals surface area contributed by atoms with E-state index in [1.807, 2.05) is 36.4 Å². The molecule has 0 radical (unpaired) electrons. The van der Waals surface area contributed by atoms with E-state index in [0.29, 0.717) is 29.6 Å². The van der Waals surface area contributed by atoms with Gasteiger partial charge in [-0.25, -0.2) is 5.06 Å². The second-order valence-corrected chi connectivity index (χ2v) is 6.44. The Morgan fingerprint density at radius 2 is 1.57 bits per heavy atom. The molecule has 6 heteroatoms. The second kappa shape index (κ2) is 6.89. The lowest BCUT2D eigenvalue weighted by Crippen LogP contribution is -2.48. The molecule has 4 nitrogen and oxygen atoms in total. The van der Waals surface area contributed by atoms with E-state index in [1.54, 1.807) is 12.1 Å². The molecule has 1 fully saturated rings. The third-order valence-corrected chi connectivity index (χ3v) is 4.46. The van der Waals surface area contributed by atoms with Gasteiger partial charge in [-0.1, -0.05) is 47.5 Å². The van der Waals surface area contributed by atoms with Crippen LogP contribution in [0.2, 0.25) is 10.0 Å². The topological polar surface area (TPSA) is 50.6 Å². The van der Waals surface area contributed by atoms with Gasteiger partial charge in [-0.05, 0) is 35.4 Å². The van der Waals surface area contributed by atoms with Crippen LogP contribution in [0, 0.1) is 5.41 Å². The monoisotopic (exact) mass is 349 g/mol. The number of rotatable bonds is 3. The Balaban J connectivity index is 1.88. The van der Waals surface area contributed by atoms with Gasteiger partial charge < -0.3 is 0 Å². The molecule has 0 saturated carbocycles. The maximum atomic E-state index is 10.4. The lowest BCUT2D eigenvalue weighted by molar-refractivity contribution is -0.131. The number of hydrogen-bond donors (Lipinski definition) is 2. The van der Waals surface area contributed by atoms with E-state index in [2.05, 4.69) is 4.90 Å². The van der Waals surface area contributed by atoms with Crippen molar-refractivity contribution in [3.05, 3.63) is 69.7 Å². The third kappa shape index (κ3) is 3.67. The van der Waals surface area contributed by atoms with Crippen molar-refractivity contribution < 1.29 is 5.21 Å². The molecule has 1 saturated heterocycles. The standard InChI is InChI=1S/C17H17Cl2N3O/c18-14-5-1-12(2-6-14)11-21-10-9-16(20)22(23)17(21)13-3-7-15(19)8-4-13/h1-8,17,20,23H,9-11H2. The van der Waals surface area contributed by atoms with Crippen molar-refractivity contribution >= 4 is 29.0 Å². The van der Waals surface area contributed by atoms with Crippen molar-refractivity contribution in [2.45, 2.75) is 19.1 Å². The van der Waals surface area contributed by atoms with Gasteiger partial charge in [-0.2, -0.15) is 0 Å². The Morgan fingerprint density at radius 1 is 1.00 bits per heavy atom. The molecule has 1 aliphatic rings. The summed E-state index contributed by atoms with van der Waals surface area (Å²) in [5.74, 6) is 0.220. The van der Waals surface area contributed by atoms with Crippen molar-refractivity contribution in [2.75, 3.05) is 6.54 Å². The molecule has 0 bridgehead atoms. The molecule has 23 heavy (non-hydrogen) atoms. The van der Waals surface area contributed by atoms with E-state index in [1.165, 1.54) is 0 Å². The Bertz CT molecular complexity index is 688. The highest BCUT2D eigenvalue weighted by Gasteiger charge is 2.32. The summed E-state index contributed by atoms with van der Waals surface area (Å²) in [6.07, 6.45) is 0.109. The first-order chi connectivity index (χ1) is 11.0. The fourth-order valence-corrected chi connectivity index (χ4v) is 3.02. The molecular formula is C17H17Cl2N3O. The number of halogens is 2. The minimum Gasteiger partial charge on any atom is -0.287 e. The van der Waals surface area contributed by atoms with Crippen molar-refractivity contribution in [1.29, 1.82) is 5.41 Å². The Labute approximate surface area is 145 Å². The van der Waals surface area contributed by atoms with Gasteiger partial charge >= 0.3 is 0 Å². The van der Waals surface area contributed by atoms with Crippen LogP contribution in [-0.2, 0) is 6.54 Å². The minimum atomic E-state index is -0.399. The summed E-state index contributed by atoms with van der Waals surface area (Å²) in [5, 5.41) is 20.7.